The van der Waals surface area contributed by atoms with E-state index in [-0.39, 0.29) is 6.09 Å². The number of carbonyl (C=O) groups excluding carboxylic acids is 1. The summed E-state index contributed by atoms with van der Waals surface area (Å²) in [4.78, 5) is 12.7. The second-order valence-corrected chi connectivity index (χ2v) is 4.22. The van der Waals surface area contributed by atoms with Gasteiger partial charge in [0.25, 0.3) is 0 Å². The van der Waals surface area contributed by atoms with E-state index in [1.54, 1.807) is 11.9 Å². The zero-order chi connectivity index (χ0) is 12.1. The lowest BCUT2D eigenvalue weighted by Gasteiger charge is -2.15. The van der Waals surface area contributed by atoms with E-state index >= 15 is 0 Å². The van der Waals surface area contributed by atoms with Crippen LogP contribution in [0.15, 0.2) is 24.3 Å². The minimum Gasteiger partial charge on any atom is -0.453 e. The summed E-state index contributed by atoms with van der Waals surface area (Å²) in [5, 5.41) is 0. The summed E-state index contributed by atoms with van der Waals surface area (Å²) in [7, 11) is 3.11. The summed E-state index contributed by atoms with van der Waals surface area (Å²) < 4.78 is 4.63. The Morgan fingerprint density at radius 2 is 1.88 bits per heavy atom. The van der Waals surface area contributed by atoms with Crippen molar-refractivity contribution in [3.63, 3.8) is 0 Å². The Labute approximate surface area is 97.0 Å². The Kier molecular flexibility index (Phi) is 4.35. The molecule has 0 radical (unpaired) electrons. The van der Waals surface area contributed by atoms with Gasteiger partial charge in [0.2, 0.25) is 0 Å². The summed E-state index contributed by atoms with van der Waals surface area (Å²) >= 11 is 0. The van der Waals surface area contributed by atoms with Crippen LogP contribution in [0.2, 0.25) is 0 Å². The molecular formula is C13H19NO2. The molecule has 1 amide bonds. The second-order valence-electron chi connectivity index (χ2n) is 4.22. The van der Waals surface area contributed by atoms with Gasteiger partial charge in [0.1, 0.15) is 0 Å². The van der Waals surface area contributed by atoms with Gasteiger partial charge in [0.05, 0.1) is 7.11 Å². The lowest BCUT2D eigenvalue weighted by molar-refractivity contribution is 0.131. The molecule has 1 rings (SSSR count). The average Bonchev–Trinajstić information content (AvgIpc) is 2.28. The quantitative estimate of drug-likeness (QED) is 0.785. The van der Waals surface area contributed by atoms with Crippen molar-refractivity contribution in [3.8, 4) is 0 Å². The topological polar surface area (TPSA) is 29.5 Å². The fourth-order valence-corrected chi connectivity index (χ4v) is 1.50. The normalized spacial score (nSPS) is 10.3. The Bertz CT molecular complexity index is 343. The van der Waals surface area contributed by atoms with Gasteiger partial charge in [0, 0.05) is 13.6 Å². The van der Waals surface area contributed by atoms with E-state index in [1.165, 1.54) is 12.7 Å². The number of methoxy groups -OCH3 is 1. The van der Waals surface area contributed by atoms with Gasteiger partial charge in [-0.05, 0) is 17.0 Å². The molecule has 0 fully saturated rings. The molecule has 0 spiro atoms. The highest BCUT2D eigenvalue weighted by molar-refractivity contribution is 5.66. The summed E-state index contributed by atoms with van der Waals surface area (Å²) in [6.07, 6.45) is -0.312. The molecule has 0 heterocycles. The minimum atomic E-state index is -0.312. The van der Waals surface area contributed by atoms with Crippen molar-refractivity contribution in [2.45, 2.75) is 26.3 Å². The number of hydrogen-bond acceptors (Lipinski definition) is 2. The number of hydrogen-bond donors (Lipinski definition) is 0. The molecule has 1 aromatic carbocycles. The standard InChI is InChI=1S/C13H19NO2/c1-10(2)12-7-5-11(6-8-12)9-14(3)13(15)16-4/h5-8,10H,9H2,1-4H3. The highest BCUT2D eigenvalue weighted by Gasteiger charge is 2.08. The number of rotatable bonds is 3. The first kappa shape index (κ1) is 12.6. The van der Waals surface area contributed by atoms with Gasteiger partial charge >= 0.3 is 6.09 Å². The van der Waals surface area contributed by atoms with Gasteiger partial charge in [-0.15, -0.1) is 0 Å². The van der Waals surface area contributed by atoms with E-state index in [9.17, 15) is 4.79 Å². The lowest BCUT2D eigenvalue weighted by Crippen LogP contribution is -2.25. The van der Waals surface area contributed by atoms with E-state index in [4.69, 9.17) is 0 Å². The molecule has 0 aliphatic heterocycles. The van der Waals surface area contributed by atoms with Crippen LogP contribution in [0, 0.1) is 0 Å². The maximum Gasteiger partial charge on any atom is 0.409 e. The third-order valence-electron chi connectivity index (χ3n) is 2.55. The van der Waals surface area contributed by atoms with Gasteiger partial charge < -0.3 is 9.64 Å². The molecule has 88 valence electrons. The second kappa shape index (κ2) is 5.54. The average molecular weight is 221 g/mol. The lowest BCUT2D eigenvalue weighted by atomic mass is 10.0. The first-order valence-corrected chi connectivity index (χ1v) is 5.42. The number of amides is 1. The Morgan fingerprint density at radius 3 is 2.31 bits per heavy atom. The van der Waals surface area contributed by atoms with Crippen LogP contribution in [0.5, 0.6) is 0 Å². The van der Waals surface area contributed by atoms with Crippen LogP contribution < -0.4 is 0 Å². The van der Waals surface area contributed by atoms with Crippen LogP contribution in [0.1, 0.15) is 30.9 Å². The number of ether oxygens (including phenoxy) is 1. The third-order valence-corrected chi connectivity index (χ3v) is 2.55. The van der Waals surface area contributed by atoms with Gasteiger partial charge in [-0.1, -0.05) is 38.1 Å². The number of nitrogens with zero attached hydrogens (tertiary/aromatic N) is 1. The number of benzene rings is 1. The van der Waals surface area contributed by atoms with Gasteiger partial charge in [-0.25, -0.2) is 4.79 Å². The van der Waals surface area contributed by atoms with Crippen molar-refractivity contribution in [3.05, 3.63) is 35.4 Å². The largest absolute Gasteiger partial charge is 0.453 e. The Morgan fingerprint density at radius 1 is 1.31 bits per heavy atom. The van der Waals surface area contributed by atoms with Crippen molar-refractivity contribution in [2.75, 3.05) is 14.2 Å². The van der Waals surface area contributed by atoms with Crippen molar-refractivity contribution >= 4 is 6.09 Å². The molecule has 1 aromatic rings. The van der Waals surface area contributed by atoms with Gasteiger partial charge in [-0.2, -0.15) is 0 Å². The molecule has 16 heavy (non-hydrogen) atoms. The molecular weight excluding hydrogens is 202 g/mol. The van der Waals surface area contributed by atoms with Crippen molar-refractivity contribution in [2.24, 2.45) is 0 Å². The molecule has 3 heteroatoms. The smallest absolute Gasteiger partial charge is 0.409 e. The predicted molar refractivity (Wildman–Crippen MR) is 64.4 cm³/mol. The molecule has 0 saturated carbocycles. The monoisotopic (exact) mass is 221 g/mol. The van der Waals surface area contributed by atoms with Crippen LogP contribution in [0.4, 0.5) is 4.79 Å². The first-order valence-electron chi connectivity index (χ1n) is 5.42. The Balaban J connectivity index is 2.65. The van der Waals surface area contributed by atoms with Crippen molar-refractivity contribution in [1.29, 1.82) is 0 Å². The van der Waals surface area contributed by atoms with Crippen molar-refractivity contribution < 1.29 is 9.53 Å². The molecule has 0 N–H and O–H groups in total. The fraction of sp³-hybridized carbons (Fsp3) is 0.462. The Hall–Kier alpha value is -1.51. The van der Waals surface area contributed by atoms with Gasteiger partial charge in [-0.3, -0.25) is 0 Å². The molecule has 0 unspecified atom stereocenters. The molecule has 0 aliphatic carbocycles. The highest BCUT2D eigenvalue weighted by atomic mass is 16.5. The van der Waals surface area contributed by atoms with E-state index in [1.807, 2.05) is 0 Å². The zero-order valence-corrected chi connectivity index (χ0v) is 10.4. The molecule has 0 aliphatic rings. The molecule has 0 bridgehead atoms. The molecule has 0 saturated heterocycles. The number of carbonyl (C=O) groups is 1. The predicted octanol–water partition coefficient (Wildman–Crippen LogP) is 3.01. The summed E-state index contributed by atoms with van der Waals surface area (Å²) in [6.45, 7) is 4.90. The molecule has 0 aromatic heterocycles. The summed E-state index contributed by atoms with van der Waals surface area (Å²) in [5.74, 6) is 0.535. The maximum atomic E-state index is 11.2. The summed E-state index contributed by atoms with van der Waals surface area (Å²) in [6, 6.07) is 8.31. The zero-order valence-electron chi connectivity index (χ0n) is 10.4. The van der Waals surface area contributed by atoms with Crippen LogP contribution in [0.25, 0.3) is 0 Å². The molecule has 0 atom stereocenters. The van der Waals surface area contributed by atoms with Crippen molar-refractivity contribution in [1.82, 2.24) is 4.90 Å². The van der Waals surface area contributed by atoms with Crippen LogP contribution >= 0.6 is 0 Å². The highest BCUT2D eigenvalue weighted by Crippen LogP contribution is 2.15. The van der Waals surface area contributed by atoms with Crippen LogP contribution in [-0.4, -0.2) is 25.2 Å². The minimum absolute atomic E-state index is 0.312. The van der Waals surface area contributed by atoms with E-state index in [0.717, 1.165) is 5.56 Å². The van der Waals surface area contributed by atoms with E-state index < -0.39 is 0 Å². The molecule has 3 nitrogen and oxygen atoms in total. The van der Waals surface area contributed by atoms with Crippen LogP contribution in [-0.2, 0) is 11.3 Å². The van der Waals surface area contributed by atoms with E-state index in [2.05, 4.69) is 42.8 Å². The van der Waals surface area contributed by atoms with E-state index in [0.29, 0.717) is 12.5 Å². The first-order chi connectivity index (χ1) is 7.54. The fourth-order valence-electron chi connectivity index (χ4n) is 1.50. The SMILES string of the molecule is COC(=O)N(C)Cc1ccc(C(C)C)cc1. The maximum absolute atomic E-state index is 11.2. The summed E-state index contributed by atoms with van der Waals surface area (Å²) in [5.41, 5.74) is 2.42. The van der Waals surface area contributed by atoms with Crippen LogP contribution in [0.3, 0.4) is 0 Å². The van der Waals surface area contributed by atoms with Gasteiger partial charge in [0.15, 0.2) is 0 Å². The third kappa shape index (κ3) is 3.26.